The third kappa shape index (κ3) is 1.84. The number of rotatable bonds is 0. The number of hydrogen-bond donors (Lipinski definition) is 0. The molecule has 0 spiro atoms. The molecule has 0 radical (unpaired) electrons. The van der Waals surface area contributed by atoms with E-state index < -0.39 is 0 Å². The van der Waals surface area contributed by atoms with Gasteiger partial charge in [0.05, 0.1) is 0 Å². The zero-order valence-electron chi connectivity index (χ0n) is 10.6. The molecule has 2 heteroatoms. The van der Waals surface area contributed by atoms with Crippen molar-refractivity contribution in [2.24, 2.45) is 5.92 Å². The first kappa shape index (κ1) is 11.4. The Labute approximate surface area is 118 Å². The highest BCUT2D eigenvalue weighted by atomic mass is 35.5. The van der Waals surface area contributed by atoms with E-state index in [2.05, 4.69) is 24.3 Å². The van der Waals surface area contributed by atoms with Gasteiger partial charge in [-0.25, -0.2) is 0 Å². The minimum absolute atomic E-state index is 0.221. The van der Waals surface area contributed by atoms with E-state index in [9.17, 15) is 0 Å². The number of aryl methyl sites for hydroxylation is 1. The molecule has 1 aliphatic carbocycles. The maximum atomic E-state index is 6.26. The molecule has 0 bridgehead atoms. The lowest BCUT2D eigenvalue weighted by Crippen LogP contribution is -2.30. The maximum Gasteiger partial charge on any atom is 0.127 e. The number of halogens is 1. The van der Waals surface area contributed by atoms with Crippen LogP contribution in [-0.4, -0.2) is 0 Å². The average Bonchev–Trinajstić information content (AvgIpc) is 2.45. The van der Waals surface area contributed by atoms with Gasteiger partial charge in [-0.1, -0.05) is 35.9 Å². The SMILES string of the molecule is Clc1ccc2c(c1)C[C@H]1CCc3ccccc3[C@H]1O2. The quantitative estimate of drug-likeness (QED) is 0.681. The zero-order chi connectivity index (χ0) is 12.8. The van der Waals surface area contributed by atoms with E-state index in [0.717, 1.165) is 23.6 Å². The monoisotopic (exact) mass is 270 g/mol. The second kappa shape index (κ2) is 4.28. The molecule has 1 aliphatic heterocycles. The van der Waals surface area contributed by atoms with Gasteiger partial charge in [0.1, 0.15) is 11.9 Å². The van der Waals surface area contributed by atoms with E-state index in [4.69, 9.17) is 16.3 Å². The predicted octanol–water partition coefficient (Wildman–Crippen LogP) is 4.58. The van der Waals surface area contributed by atoms with Crippen LogP contribution in [0.25, 0.3) is 0 Å². The number of ether oxygens (including phenoxy) is 1. The lowest BCUT2D eigenvalue weighted by Gasteiger charge is -2.38. The molecule has 2 aliphatic rings. The Morgan fingerprint density at radius 3 is 2.89 bits per heavy atom. The van der Waals surface area contributed by atoms with Gasteiger partial charge in [-0.2, -0.15) is 0 Å². The summed E-state index contributed by atoms with van der Waals surface area (Å²) in [4.78, 5) is 0. The van der Waals surface area contributed by atoms with Crippen LogP contribution in [0.2, 0.25) is 5.02 Å². The van der Waals surface area contributed by atoms with Crippen molar-refractivity contribution in [1.82, 2.24) is 0 Å². The lowest BCUT2D eigenvalue weighted by molar-refractivity contribution is 0.0987. The molecular formula is C17H15ClO. The molecule has 2 atom stereocenters. The first-order valence-electron chi connectivity index (χ1n) is 6.84. The minimum Gasteiger partial charge on any atom is -0.485 e. The zero-order valence-corrected chi connectivity index (χ0v) is 11.4. The van der Waals surface area contributed by atoms with Crippen molar-refractivity contribution in [3.05, 3.63) is 64.2 Å². The fraction of sp³-hybridized carbons (Fsp3) is 0.294. The topological polar surface area (TPSA) is 9.23 Å². The maximum absolute atomic E-state index is 6.26. The van der Waals surface area contributed by atoms with Gasteiger partial charge in [-0.15, -0.1) is 0 Å². The van der Waals surface area contributed by atoms with Crippen molar-refractivity contribution in [1.29, 1.82) is 0 Å². The van der Waals surface area contributed by atoms with Crippen molar-refractivity contribution in [2.75, 3.05) is 0 Å². The van der Waals surface area contributed by atoms with Crippen LogP contribution in [0.3, 0.4) is 0 Å². The molecule has 0 saturated heterocycles. The van der Waals surface area contributed by atoms with Gasteiger partial charge in [-0.3, -0.25) is 0 Å². The van der Waals surface area contributed by atoms with Gasteiger partial charge >= 0.3 is 0 Å². The fourth-order valence-electron chi connectivity index (χ4n) is 3.40. The molecule has 0 aromatic heterocycles. The summed E-state index contributed by atoms with van der Waals surface area (Å²) in [6.45, 7) is 0. The molecular weight excluding hydrogens is 256 g/mol. The van der Waals surface area contributed by atoms with Crippen LogP contribution >= 0.6 is 11.6 Å². The second-order valence-corrected chi connectivity index (χ2v) is 5.93. The molecule has 2 aromatic carbocycles. The van der Waals surface area contributed by atoms with Crippen LogP contribution < -0.4 is 4.74 Å². The van der Waals surface area contributed by atoms with Gasteiger partial charge in [0.25, 0.3) is 0 Å². The van der Waals surface area contributed by atoms with Gasteiger partial charge in [0, 0.05) is 10.9 Å². The summed E-state index contributed by atoms with van der Waals surface area (Å²) in [5.41, 5.74) is 4.08. The first-order chi connectivity index (χ1) is 9.31. The standard InChI is InChI=1S/C17H15ClO/c18-14-7-8-16-13(10-14)9-12-6-5-11-3-1-2-4-15(11)17(12)19-16/h1-4,7-8,10,12,17H,5-6,9H2/t12-,17+/m1/s1. The smallest absolute Gasteiger partial charge is 0.127 e. The summed E-state index contributed by atoms with van der Waals surface area (Å²) in [5.74, 6) is 1.59. The Morgan fingerprint density at radius 1 is 1.05 bits per heavy atom. The van der Waals surface area contributed by atoms with Crippen molar-refractivity contribution < 1.29 is 4.74 Å². The van der Waals surface area contributed by atoms with Gasteiger partial charge in [-0.05, 0) is 54.2 Å². The Kier molecular flexibility index (Phi) is 2.56. The highest BCUT2D eigenvalue weighted by Gasteiger charge is 2.35. The number of hydrogen-bond acceptors (Lipinski definition) is 1. The summed E-state index contributed by atoms with van der Waals surface area (Å²) in [7, 11) is 0. The van der Waals surface area contributed by atoms with Gasteiger partial charge < -0.3 is 4.74 Å². The van der Waals surface area contributed by atoms with Crippen LogP contribution in [0.1, 0.15) is 29.2 Å². The van der Waals surface area contributed by atoms with E-state index in [1.54, 1.807) is 0 Å². The number of fused-ring (bicyclic) bond motifs is 4. The van der Waals surface area contributed by atoms with Crippen molar-refractivity contribution in [2.45, 2.75) is 25.4 Å². The Morgan fingerprint density at radius 2 is 1.95 bits per heavy atom. The molecule has 1 heterocycles. The molecule has 0 unspecified atom stereocenters. The minimum atomic E-state index is 0.221. The largest absolute Gasteiger partial charge is 0.485 e. The fourth-order valence-corrected chi connectivity index (χ4v) is 3.59. The molecule has 2 aromatic rings. The van der Waals surface area contributed by atoms with Crippen molar-refractivity contribution in [3.63, 3.8) is 0 Å². The molecule has 1 nitrogen and oxygen atoms in total. The van der Waals surface area contributed by atoms with E-state index in [1.807, 2.05) is 18.2 Å². The first-order valence-corrected chi connectivity index (χ1v) is 7.22. The van der Waals surface area contributed by atoms with E-state index in [0.29, 0.717) is 5.92 Å². The molecule has 19 heavy (non-hydrogen) atoms. The average molecular weight is 271 g/mol. The van der Waals surface area contributed by atoms with E-state index >= 15 is 0 Å². The van der Waals surface area contributed by atoms with Crippen molar-refractivity contribution >= 4 is 11.6 Å². The Hall–Kier alpha value is -1.47. The lowest BCUT2D eigenvalue weighted by atomic mass is 9.77. The third-order valence-corrected chi connectivity index (χ3v) is 4.57. The van der Waals surface area contributed by atoms with E-state index in [1.165, 1.54) is 23.1 Å². The summed E-state index contributed by atoms with van der Waals surface area (Å²) >= 11 is 6.08. The van der Waals surface area contributed by atoms with Crippen LogP contribution in [-0.2, 0) is 12.8 Å². The predicted molar refractivity (Wildman–Crippen MR) is 76.8 cm³/mol. The van der Waals surface area contributed by atoms with Gasteiger partial charge in [0.2, 0.25) is 0 Å². The van der Waals surface area contributed by atoms with Crippen LogP contribution in [0, 0.1) is 5.92 Å². The van der Waals surface area contributed by atoms with E-state index in [-0.39, 0.29) is 6.10 Å². The third-order valence-electron chi connectivity index (χ3n) is 4.33. The van der Waals surface area contributed by atoms with Crippen molar-refractivity contribution in [3.8, 4) is 5.75 Å². The molecule has 96 valence electrons. The molecule has 0 N–H and O–H groups in total. The van der Waals surface area contributed by atoms with Crippen LogP contribution in [0.5, 0.6) is 5.75 Å². The Balaban J connectivity index is 1.77. The summed E-state index contributed by atoms with van der Waals surface area (Å²) in [5, 5.41) is 0.803. The van der Waals surface area contributed by atoms with Gasteiger partial charge in [0.15, 0.2) is 0 Å². The normalized spacial score (nSPS) is 23.8. The molecule has 0 amide bonds. The summed E-state index contributed by atoms with van der Waals surface area (Å²) in [6, 6.07) is 14.6. The molecule has 4 rings (SSSR count). The molecule has 0 saturated carbocycles. The highest BCUT2D eigenvalue weighted by molar-refractivity contribution is 6.30. The van der Waals surface area contributed by atoms with Crippen LogP contribution in [0.4, 0.5) is 0 Å². The summed E-state index contributed by atoms with van der Waals surface area (Å²) < 4.78 is 6.26. The summed E-state index contributed by atoms with van der Waals surface area (Å²) in [6.07, 6.45) is 3.66. The second-order valence-electron chi connectivity index (χ2n) is 5.49. The Bertz CT molecular complexity index is 635. The van der Waals surface area contributed by atoms with Crippen LogP contribution in [0.15, 0.2) is 42.5 Å². The highest BCUT2D eigenvalue weighted by Crippen LogP contribution is 2.45. The molecule has 0 fully saturated rings. The number of benzene rings is 2.